The van der Waals surface area contributed by atoms with Crippen LogP contribution < -0.4 is 16.4 Å². The average Bonchev–Trinajstić information content (AvgIpc) is 2.44. The smallest absolute Gasteiger partial charge is 0.251 e. The molecule has 1 aromatic carbocycles. The normalized spacial score (nSPS) is 12.9. The lowest BCUT2D eigenvalue weighted by Gasteiger charge is -2.11. The summed E-state index contributed by atoms with van der Waals surface area (Å²) in [7, 11) is 1.61. The Bertz CT molecular complexity index is 457. The minimum absolute atomic E-state index is 0.100. The predicted octanol–water partition coefficient (Wildman–Crippen LogP) is 1.25. The van der Waals surface area contributed by atoms with Gasteiger partial charge in [-0.05, 0) is 31.0 Å². The molecule has 104 valence electrons. The number of amides is 1. The third-order valence-corrected chi connectivity index (χ3v) is 2.85. The second kappa shape index (κ2) is 7.41. The lowest BCUT2D eigenvalue weighted by molar-refractivity contribution is 0.0963. The molecule has 1 atom stereocenters. The fourth-order valence-electron chi connectivity index (χ4n) is 1.53. The Morgan fingerprint density at radius 2 is 2.21 bits per heavy atom. The van der Waals surface area contributed by atoms with Gasteiger partial charge in [-0.15, -0.1) is 0 Å². The molecule has 19 heavy (non-hydrogen) atoms. The van der Waals surface area contributed by atoms with Gasteiger partial charge in [0, 0.05) is 18.7 Å². The lowest BCUT2D eigenvalue weighted by Crippen LogP contribution is -2.38. The highest BCUT2D eigenvalue weighted by Crippen LogP contribution is 2.06. The molecule has 0 aliphatic carbocycles. The van der Waals surface area contributed by atoms with Gasteiger partial charge in [-0.25, -0.2) is 4.99 Å². The van der Waals surface area contributed by atoms with Crippen LogP contribution in [0.2, 0.25) is 0 Å². The maximum absolute atomic E-state index is 11.5. The van der Waals surface area contributed by atoms with Crippen molar-refractivity contribution < 1.29 is 4.79 Å². The predicted molar refractivity (Wildman–Crippen MR) is 78.0 cm³/mol. The summed E-state index contributed by atoms with van der Waals surface area (Å²) in [5.74, 6) is 0.330. The van der Waals surface area contributed by atoms with Gasteiger partial charge in [0.15, 0.2) is 5.96 Å². The van der Waals surface area contributed by atoms with E-state index in [-0.39, 0.29) is 5.91 Å². The lowest BCUT2D eigenvalue weighted by atomic mass is 10.1. The molecule has 0 bridgehead atoms. The molecule has 0 fully saturated rings. The number of carbonyl (C=O) groups excluding carboxylic acids is 1. The number of carbonyl (C=O) groups is 1. The van der Waals surface area contributed by atoms with E-state index < -0.39 is 0 Å². The van der Waals surface area contributed by atoms with E-state index >= 15 is 0 Å². The van der Waals surface area contributed by atoms with E-state index in [0.29, 0.717) is 24.1 Å². The van der Waals surface area contributed by atoms with Crippen LogP contribution >= 0.6 is 0 Å². The van der Waals surface area contributed by atoms with E-state index in [1.54, 1.807) is 13.1 Å². The van der Waals surface area contributed by atoms with Gasteiger partial charge >= 0.3 is 0 Å². The van der Waals surface area contributed by atoms with Crippen molar-refractivity contribution in [3.05, 3.63) is 35.4 Å². The molecule has 0 aromatic heterocycles. The monoisotopic (exact) mass is 262 g/mol. The van der Waals surface area contributed by atoms with Crippen molar-refractivity contribution in [3.63, 3.8) is 0 Å². The van der Waals surface area contributed by atoms with Crippen LogP contribution in [-0.2, 0) is 6.54 Å². The van der Waals surface area contributed by atoms with Crippen LogP contribution in [0, 0.1) is 0 Å². The molecule has 1 aromatic rings. The van der Waals surface area contributed by atoms with Crippen LogP contribution in [0.25, 0.3) is 0 Å². The second-order valence-electron chi connectivity index (χ2n) is 4.43. The Labute approximate surface area is 114 Å². The molecule has 0 saturated carbocycles. The first-order chi connectivity index (χ1) is 9.06. The van der Waals surface area contributed by atoms with Crippen molar-refractivity contribution in [2.45, 2.75) is 32.9 Å². The maximum Gasteiger partial charge on any atom is 0.251 e. The summed E-state index contributed by atoms with van der Waals surface area (Å²) in [5.41, 5.74) is 7.36. The van der Waals surface area contributed by atoms with Gasteiger partial charge < -0.3 is 16.4 Å². The summed E-state index contributed by atoms with van der Waals surface area (Å²) >= 11 is 0. The third kappa shape index (κ3) is 4.99. The Kier molecular flexibility index (Phi) is 5.85. The van der Waals surface area contributed by atoms with Gasteiger partial charge in [-0.1, -0.05) is 19.1 Å². The summed E-state index contributed by atoms with van der Waals surface area (Å²) in [6.07, 6.45) is 0.988. The Balaban J connectivity index is 2.67. The maximum atomic E-state index is 11.5. The van der Waals surface area contributed by atoms with Gasteiger partial charge in [-0.2, -0.15) is 0 Å². The Morgan fingerprint density at radius 3 is 2.84 bits per heavy atom. The zero-order chi connectivity index (χ0) is 14.3. The molecule has 5 nitrogen and oxygen atoms in total. The Morgan fingerprint density at radius 1 is 1.47 bits per heavy atom. The van der Waals surface area contributed by atoms with Gasteiger partial charge in [0.1, 0.15) is 0 Å². The van der Waals surface area contributed by atoms with E-state index in [1.165, 1.54) is 0 Å². The second-order valence-corrected chi connectivity index (χ2v) is 4.43. The molecule has 0 saturated heterocycles. The van der Waals surface area contributed by atoms with Crippen molar-refractivity contribution in [1.29, 1.82) is 0 Å². The van der Waals surface area contributed by atoms with E-state index in [1.807, 2.05) is 18.2 Å². The largest absolute Gasteiger partial charge is 0.370 e. The molecule has 4 N–H and O–H groups in total. The zero-order valence-electron chi connectivity index (χ0n) is 11.7. The van der Waals surface area contributed by atoms with Crippen molar-refractivity contribution in [2.24, 2.45) is 10.7 Å². The first-order valence-electron chi connectivity index (χ1n) is 6.44. The van der Waals surface area contributed by atoms with E-state index in [9.17, 15) is 4.79 Å². The van der Waals surface area contributed by atoms with Gasteiger partial charge in [0.05, 0.1) is 6.54 Å². The van der Waals surface area contributed by atoms with E-state index in [2.05, 4.69) is 29.5 Å². The van der Waals surface area contributed by atoms with Crippen molar-refractivity contribution in [1.82, 2.24) is 10.6 Å². The highest BCUT2D eigenvalue weighted by atomic mass is 16.1. The SMILES string of the molecule is CCC(C)NC(N)=NCc1cccc(C(=O)NC)c1. The average molecular weight is 262 g/mol. The number of nitrogens with zero attached hydrogens (tertiary/aromatic N) is 1. The van der Waals surface area contributed by atoms with Crippen LogP contribution in [0.1, 0.15) is 36.2 Å². The minimum Gasteiger partial charge on any atom is -0.370 e. The van der Waals surface area contributed by atoms with Crippen molar-refractivity contribution in [2.75, 3.05) is 7.05 Å². The molecule has 1 amide bonds. The molecule has 0 radical (unpaired) electrons. The molecule has 1 unspecified atom stereocenters. The van der Waals surface area contributed by atoms with Gasteiger partial charge in [0.2, 0.25) is 0 Å². The molecular weight excluding hydrogens is 240 g/mol. The highest BCUT2D eigenvalue weighted by Gasteiger charge is 2.03. The highest BCUT2D eigenvalue weighted by molar-refractivity contribution is 5.94. The number of guanidine groups is 1. The van der Waals surface area contributed by atoms with Crippen molar-refractivity contribution >= 4 is 11.9 Å². The van der Waals surface area contributed by atoms with Crippen LogP contribution in [0.15, 0.2) is 29.3 Å². The zero-order valence-corrected chi connectivity index (χ0v) is 11.7. The van der Waals surface area contributed by atoms with Crippen LogP contribution in [0.4, 0.5) is 0 Å². The topological polar surface area (TPSA) is 79.5 Å². The molecule has 0 spiro atoms. The first-order valence-corrected chi connectivity index (χ1v) is 6.44. The summed E-state index contributed by atoms with van der Waals surface area (Å²) < 4.78 is 0. The summed E-state index contributed by atoms with van der Waals surface area (Å²) in [6.45, 7) is 4.59. The molecule has 0 aliphatic rings. The number of rotatable bonds is 5. The van der Waals surface area contributed by atoms with Gasteiger partial charge in [0.25, 0.3) is 5.91 Å². The standard InChI is InChI=1S/C14H22N4O/c1-4-10(2)18-14(15)17-9-11-6-5-7-12(8-11)13(19)16-3/h5-8,10H,4,9H2,1-3H3,(H,16,19)(H3,15,17,18). The number of nitrogens with two attached hydrogens (primary N) is 1. The fourth-order valence-corrected chi connectivity index (χ4v) is 1.53. The van der Waals surface area contributed by atoms with Crippen molar-refractivity contribution in [3.8, 4) is 0 Å². The first kappa shape index (κ1) is 15.0. The minimum atomic E-state index is -0.100. The number of hydrogen-bond donors (Lipinski definition) is 3. The summed E-state index contributed by atoms with van der Waals surface area (Å²) in [5, 5.41) is 5.69. The van der Waals surface area contributed by atoms with Crippen LogP contribution in [-0.4, -0.2) is 25.0 Å². The molecule has 0 heterocycles. The number of nitrogens with one attached hydrogen (secondary N) is 2. The fraction of sp³-hybridized carbons (Fsp3) is 0.429. The van der Waals surface area contributed by atoms with E-state index in [0.717, 1.165) is 12.0 Å². The molecule has 5 heteroatoms. The number of aliphatic imine (C=N–C) groups is 1. The summed E-state index contributed by atoms with van der Waals surface area (Å²) in [6, 6.07) is 7.66. The third-order valence-electron chi connectivity index (χ3n) is 2.85. The summed E-state index contributed by atoms with van der Waals surface area (Å²) in [4.78, 5) is 15.8. The number of benzene rings is 1. The van der Waals surface area contributed by atoms with Crippen LogP contribution in [0.3, 0.4) is 0 Å². The van der Waals surface area contributed by atoms with E-state index in [4.69, 9.17) is 5.73 Å². The quantitative estimate of drug-likeness (QED) is 0.552. The Hall–Kier alpha value is -2.04. The van der Waals surface area contributed by atoms with Gasteiger partial charge in [-0.3, -0.25) is 4.79 Å². The number of hydrogen-bond acceptors (Lipinski definition) is 2. The van der Waals surface area contributed by atoms with Crippen LogP contribution in [0.5, 0.6) is 0 Å². The molecular formula is C14H22N4O. The molecule has 1 rings (SSSR count). The molecule has 0 aliphatic heterocycles.